The van der Waals surface area contributed by atoms with Crippen LogP contribution in [0, 0.1) is 5.92 Å². The molecule has 2 saturated heterocycles. The van der Waals surface area contributed by atoms with Crippen LogP contribution in [-0.2, 0) is 14.3 Å². The minimum Gasteiger partial charge on any atom is -0.444 e. The summed E-state index contributed by atoms with van der Waals surface area (Å²) < 4.78 is 11.5. The molecule has 0 bridgehead atoms. The topological polar surface area (TPSA) is 67.9 Å². The zero-order valence-electron chi connectivity index (χ0n) is 15.1. The molecule has 3 rings (SSSR count). The molecule has 1 aliphatic carbocycles. The van der Waals surface area contributed by atoms with Gasteiger partial charge < -0.3 is 19.7 Å². The van der Waals surface area contributed by atoms with E-state index in [4.69, 9.17) is 9.47 Å². The number of amides is 2. The summed E-state index contributed by atoms with van der Waals surface area (Å²) in [5.74, 6) is 0.382. The Morgan fingerprint density at radius 3 is 2.50 bits per heavy atom. The molecule has 136 valence electrons. The average molecular weight is 338 g/mol. The van der Waals surface area contributed by atoms with Crippen molar-refractivity contribution in [2.24, 2.45) is 5.92 Å². The molecule has 2 heterocycles. The first kappa shape index (κ1) is 17.5. The van der Waals surface area contributed by atoms with E-state index in [0.717, 1.165) is 25.7 Å². The minimum atomic E-state index is -0.469. The van der Waals surface area contributed by atoms with Crippen LogP contribution in [0.3, 0.4) is 0 Å². The lowest BCUT2D eigenvalue weighted by Crippen LogP contribution is -2.64. The monoisotopic (exact) mass is 338 g/mol. The van der Waals surface area contributed by atoms with Gasteiger partial charge in [-0.1, -0.05) is 12.8 Å². The quantitative estimate of drug-likeness (QED) is 0.858. The summed E-state index contributed by atoms with van der Waals surface area (Å²) in [4.78, 5) is 25.8. The third-order valence-corrected chi connectivity index (χ3v) is 5.18. The van der Waals surface area contributed by atoms with E-state index in [2.05, 4.69) is 5.32 Å². The molecule has 1 unspecified atom stereocenters. The second kappa shape index (κ2) is 6.54. The van der Waals surface area contributed by atoms with Crippen LogP contribution in [0.1, 0.15) is 59.3 Å². The van der Waals surface area contributed by atoms with Crippen molar-refractivity contribution >= 4 is 12.0 Å². The Morgan fingerprint density at radius 2 is 1.88 bits per heavy atom. The van der Waals surface area contributed by atoms with Gasteiger partial charge in [-0.2, -0.15) is 0 Å². The number of carbonyl (C=O) groups excluding carboxylic acids is 2. The lowest BCUT2D eigenvalue weighted by Gasteiger charge is -2.47. The van der Waals surface area contributed by atoms with Gasteiger partial charge in [0, 0.05) is 12.5 Å². The molecule has 1 atom stereocenters. The first-order valence-electron chi connectivity index (χ1n) is 9.20. The fourth-order valence-electron chi connectivity index (χ4n) is 3.92. The molecule has 2 amide bonds. The van der Waals surface area contributed by atoms with Gasteiger partial charge in [0.25, 0.3) is 0 Å². The average Bonchev–Trinajstić information content (AvgIpc) is 3.10. The van der Waals surface area contributed by atoms with Crippen LogP contribution >= 0.6 is 0 Å². The van der Waals surface area contributed by atoms with Gasteiger partial charge >= 0.3 is 6.09 Å². The Bertz CT molecular complexity index is 488. The molecule has 3 aliphatic rings. The highest BCUT2D eigenvalue weighted by Gasteiger charge is 2.52. The van der Waals surface area contributed by atoms with Gasteiger partial charge in [0.05, 0.1) is 19.2 Å². The van der Waals surface area contributed by atoms with E-state index in [1.807, 2.05) is 20.8 Å². The largest absolute Gasteiger partial charge is 0.444 e. The number of rotatable bonds is 3. The molecule has 0 aromatic heterocycles. The van der Waals surface area contributed by atoms with Crippen LogP contribution in [0.4, 0.5) is 4.79 Å². The minimum absolute atomic E-state index is 0.0659. The Hall–Kier alpha value is -1.30. The summed E-state index contributed by atoms with van der Waals surface area (Å²) in [6, 6.07) is 0. The van der Waals surface area contributed by atoms with E-state index in [1.54, 1.807) is 4.90 Å². The maximum absolute atomic E-state index is 12.1. The Kier molecular flexibility index (Phi) is 4.78. The molecule has 0 aromatic rings. The zero-order chi connectivity index (χ0) is 17.4. The van der Waals surface area contributed by atoms with Crippen molar-refractivity contribution in [3.63, 3.8) is 0 Å². The predicted molar refractivity (Wildman–Crippen MR) is 89.6 cm³/mol. The van der Waals surface area contributed by atoms with E-state index in [0.29, 0.717) is 19.6 Å². The summed E-state index contributed by atoms with van der Waals surface area (Å²) in [5.41, 5.74) is -0.691. The van der Waals surface area contributed by atoms with Crippen molar-refractivity contribution in [3.8, 4) is 0 Å². The SMILES string of the molecule is CC(C)(C)OC(=O)N1CC2(CCC(CNC(=O)C3CCCC3)O2)C1. The molecule has 0 radical (unpaired) electrons. The van der Waals surface area contributed by atoms with Crippen molar-refractivity contribution in [1.29, 1.82) is 0 Å². The third-order valence-electron chi connectivity index (χ3n) is 5.18. The standard InChI is InChI=1S/C18H30N2O4/c1-17(2,3)24-16(22)20-11-18(12-20)9-8-14(23-18)10-19-15(21)13-6-4-5-7-13/h13-14H,4-12H2,1-3H3,(H,19,21). The Labute approximate surface area is 144 Å². The molecule has 6 heteroatoms. The Morgan fingerprint density at radius 1 is 1.21 bits per heavy atom. The van der Waals surface area contributed by atoms with Crippen molar-refractivity contribution in [2.45, 2.75) is 76.6 Å². The van der Waals surface area contributed by atoms with Crippen molar-refractivity contribution in [3.05, 3.63) is 0 Å². The molecule has 0 aromatic carbocycles. The molecule has 2 aliphatic heterocycles. The maximum atomic E-state index is 12.1. The molecule has 3 fully saturated rings. The van der Waals surface area contributed by atoms with Gasteiger partial charge in [-0.25, -0.2) is 4.79 Å². The molecular formula is C18H30N2O4. The molecule has 24 heavy (non-hydrogen) atoms. The van der Waals surface area contributed by atoms with E-state index < -0.39 is 5.60 Å². The summed E-state index contributed by atoms with van der Waals surface area (Å²) in [6.07, 6.45) is 6.05. The smallest absolute Gasteiger partial charge is 0.410 e. The summed E-state index contributed by atoms with van der Waals surface area (Å²) >= 11 is 0. The van der Waals surface area contributed by atoms with Crippen LogP contribution < -0.4 is 5.32 Å². The highest BCUT2D eigenvalue weighted by atomic mass is 16.6. The highest BCUT2D eigenvalue weighted by Crippen LogP contribution is 2.38. The summed E-state index contributed by atoms with van der Waals surface area (Å²) in [6.45, 7) is 7.38. The number of hydrogen-bond acceptors (Lipinski definition) is 4. The molecule has 1 saturated carbocycles. The fraction of sp³-hybridized carbons (Fsp3) is 0.889. The second-order valence-corrected chi connectivity index (χ2v) is 8.52. The normalized spacial score (nSPS) is 26.5. The molecule has 1 N–H and O–H groups in total. The lowest BCUT2D eigenvalue weighted by molar-refractivity contribution is -0.135. The van der Waals surface area contributed by atoms with E-state index in [-0.39, 0.29) is 29.6 Å². The van der Waals surface area contributed by atoms with Crippen molar-refractivity contribution < 1.29 is 19.1 Å². The first-order valence-corrected chi connectivity index (χ1v) is 9.20. The first-order chi connectivity index (χ1) is 11.3. The van der Waals surface area contributed by atoms with Crippen molar-refractivity contribution in [1.82, 2.24) is 10.2 Å². The second-order valence-electron chi connectivity index (χ2n) is 8.52. The van der Waals surface area contributed by atoms with E-state index >= 15 is 0 Å². The van der Waals surface area contributed by atoms with Crippen LogP contribution in [0.5, 0.6) is 0 Å². The van der Waals surface area contributed by atoms with Gasteiger partial charge in [0.1, 0.15) is 11.2 Å². The predicted octanol–water partition coefficient (Wildman–Crippen LogP) is 2.46. The van der Waals surface area contributed by atoms with Crippen LogP contribution in [-0.4, -0.2) is 53.8 Å². The number of ether oxygens (including phenoxy) is 2. The fourth-order valence-corrected chi connectivity index (χ4v) is 3.92. The lowest BCUT2D eigenvalue weighted by atomic mass is 9.91. The molecular weight excluding hydrogens is 308 g/mol. The molecule has 1 spiro atoms. The van der Waals surface area contributed by atoms with Gasteiger partial charge in [-0.15, -0.1) is 0 Å². The molecule has 6 nitrogen and oxygen atoms in total. The van der Waals surface area contributed by atoms with Crippen LogP contribution in [0.15, 0.2) is 0 Å². The van der Waals surface area contributed by atoms with Gasteiger partial charge in [-0.3, -0.25) is 4.79 Å². The Balaban J connectivity index is 1.39. The third kappa shape index (κ3) is 4.02. The summed E-state index contributed by atoms with van der Waals surface area (Å²) in [7, 11) is 0. The number of likely N-dealkylation sites (tertiary alicyclic amines) is 1. The highest BCUT2D eigenvalue weighted by molar-refractivity contribution is 5.78. The number of nitrogens with zero attached hydrogens (tertiary/aromatic N) is 1. The van der Waals surface area contributed by atoms with Crippen LogP contribution in [0.2, 0.25) is 0 Å². The van der Waals surface area contributed by atoms with E-state index in [1.165, 1.54) is 12.8 Å². The van der Waals surface area contributed by atoms with Gasteiger partial charge in [0.2, 0.25) is 5.91 Å². The number of carbonyl (C=O) groups is 2. The van der Waals surface area contributed by atoms with Gasteiger partial charge in [-0.05, 0) is 46.5 Å². The number of nitrogens with one attached hydrogen (secondary N) is 1. The van der Waals surface area contributed by atoms with E-state index in [9.17, 15) is 9.59 Å². The summed E-state index contributed by atoms with van der Waals surface area (Å²) in [5, 5.41) is 3.05. The van der Waals surface area contributed by atoms with Crippen LogP contribution in [0.25, 0.3) is 0 Å². The number of hydrogen-bond donors (Lipinski definition) is 1. The maximum Gasteiger partial charge on any atom is 0.410 e. The zero-order valence-corrected chi connectivity index (χ0v) is 15.1. The van der Waals surface area contributed by atoms with Gasteiger partial charge in [0.15, 0.2) is 0 Å². The van der Waals surface area contributed by atoms with Crippen molar-refractivity contribution in [2.75, 3.05) is 19.6 Å².